The van der Waals surface area contributed by atoms with Crippen molar-refractivity contribution in [2.45, 2.75) is 33.5 Å². The van der Waals surface area contributed by atoms with Crippen molar-refractivity contribution in [1.82, 2.24) is 4.57 Å². The molecule has 142 valence electrons. The number of ether oxygens (including phenoxy) is 1. The Morgan fingerprint density at radius 1 is 1.07 bits per heavy atom. The number of para-hydroxylation sites is 1. The Morgan fingerprint density at radius 2 is 1.78 bits per heavy atom. The van der Waals surface area contributed by atoms with Gasteiger partial charge in [0.2, 0.25) is 0 Å². The van der Waals surface area contributed by atoms with E-state index in [1.165, 1.54) is 6.92 Å². The molecule has 0 unspecified atom stereocenters. The van der Waals surface area contributed by atoms with Crippen LogP contribution < -0.4 is 4.74 Å². The third-order valence-electron chi connectivity index (χ3n) is 4.63. The number of carbonyl (C=O) groups excluding carboxylic acids is 1. The molecular formula is C21H20F3NO2. The predicted octanol–water partition coefficient (Wildman–Crippen LogP) is 5.39. The summed E-state index contributed by atoms with van der Waals surface area (Å²) in [4.78, 5) is 11.9. The third kappa shape index (κ3) is 3.70. The Labute approximate surface area is 155 Å². The molecule has 0 aliphatic carbocycles. The van der Waals surface area contributed by atoms with E-state index >= 15 is 0 Å². The summed E-state index contributed by atoms with van der Waals surface area (Å²) in [5, 5.41) is 0.309. The molecule has 0 spiro atoms. The highest BCUT2D eigenvalue weighted by atomic mass is 19.4. The minimum absolute atomic E-state index is 0.281. The summed E-state index contributed by atoms with van der Waals surface area (Å²) in [7, 11) is 0. The number of halogens is 3. The Kier molecular flexibility index (Phi) is 5.00. The largest absolute Gasteiger partial charge is 0.491 e. The van der Waals surface area contributed by atoms with Crippen LogP contribution in [-0.4, -0.2) is 23.1 Å². The number of aryl methyl sites for hydroxylation is 2. The zero-order valence-corrected chi connectivity index (χ0v) is 15.4. The first-order valence-corrected chi connectivity index (χ1v) is 8.59. The molecule has 0 radical (unpaired) electrons. The zero-order valence-electron chi connectivity index (χ0n) is 15.4. The molecule has 6 heteroatoms. The average molecular weight is 375 g/mol. The second-order valence-corrected chi connectivity index (χ2v) is 6.57. The molecule has 0 fully saturated rings. The van der Waals surface area contributed by atoms with Crippen LogP contribution in [0.25, 0.3) is 10.9 Å². The highest BCUT2D eigenvalue weighted by molar-refractivity contribution is 6.12. The van der Waals surface area contributed by atoms with E-state index in [0.29, 0.717) is 23.1 Å². The highest BCUT2D eigenvalue weighted by Crippen LogP contribution is 2.31. The number of Topliss-reactive ketones (excluding diaryl/α,β-unsaturated/α-hetero) is 1. The first kappa shape index (κ1) is 19.0. The number of hydrogen-bond acceptors (Lipinski definition) is 2. The zero-order chi connectivity index (χ0) is 19.8. The molecule has 3 nitrogen and oxygen atoms in total. The number of ketones is 1. The maximum Gasteiger partial charge on any atom is 0.454 e. The molecule has 3 aromatic rings. The summed E-state index contributed by atoms with van der Waals surface area (Å²) < 4.78 is 46.6. The van der Waals surface area contributed by atoms with Crippen molar-refractivity contribution in [2.24, 2.45) is 0 Å². The normalized spacial score (nSPS) is 11.8. The van der Waals surface area contributed by atoms with Gasteiger partial charge in [0.15, 0.2) is 0 Å². The molecular weight excluding hydrogens is 355 g/mol. The summed E-state index contributed by atoms with van der Waals surface area (Å²) in [6.07, 6.45) is -4.91. The Balaban J connectivity index is 1.92. The number of nitrogens with zero attached hydrogens (tertiary/aromatic N) is 1. The number of fused-ring (bicyclic) bond motifs is 1. The average Bonchev–Trinajstić information content (AvgIpc) is 2.88. The van der Waals surface area contributed by atoms with Gasteiger partial charge in [0, 0.05) is 16.6 Å². The first-order chi connectivity index (χ1) is 12.7. The third-order valence-corrected chi connectivity index (χ3v) is 4.63. The van der Waals surface area contributed by atoms with Crippen molar-refractivity contribution in [3.05, 3.63) is 64.8 Å². The number of hydrogen-bond donors (Lipinski definition) is 0. The van der Waals surface area contributed by atoms with Crippen molar-refractivity contribution in [3.8, 4) is 5.75 Å². The summed E-state index contributed by atoms with van der Waals surface area (Å²) in [6.45, 7) is 6.06. The quantitative estimate of drug-likeness (QED) is 0.560. The van der Waals surface area contributed by atoms with Gasteiger partial charge in [-0.25, -0.2) is 0 Å². The summed E-state index contributed by atoms with van der Waals surface area (Å²) in [6, 6.07) is 12.5. The number of carbonyl (C=O) groups is 1. The second kappa shape index (κ2) is 7.10. The molecule has 0 saturated heterocycles. The van der Waals surface area contributed by atoms with Gasteiger partial charge in [0.05, 0.1) is 12.1 Å². The molecule has 1 heterocycles. The lowest BCUT2D eigenvalue weighted by Crippen LogP contribution is -2.23. The molecule has 0 aliphatic rings. The van der Waals surface area contributed by atoms with Crippen molar-refractivity contribution in [2.75, 3.05) is 6.61 Å². The Bertz CT molecular complexity index is 1000. The number of aromatic nitrogens is 1. The fraction of sp³-hybridized carbons (Fsp3) is 0.286. The molecule has 3 rings (SSSR count). The van der Waals surface area contributed by atoms with E-state index in [9.17, 15) is 18.0 Å². The van der Waals surface area contributed by atoms with Crippen LogP contribution in [0.3, 0.4) is 0 Å². The van der Waals surface area contributed by atoms with Crippen LogP contribution in [0.2, 0.25) is 0 Å². The molecule has 0 N–H and O–H groups in total. The maximum absolute atomic E-state index is 13.0. The fourth-order valence-corrected chi connectivity index (χ4v) is 3.26. The van der Waals surface area contributed by atoms with Gasteiger partial charge in [-0.15, -0.1) is 0 Å². The van der Waals surface area contributed by atoms with Crippen LogP contribution >= 0.6 is 0 Å². The van der Waals surface area contributed by atoms with Gasteiger partial charge in [-0.2, -0.15) is 13.2 Å². The van der Waals surface area contributed by atoms with Gasteiger partial charge in [-0.1, -0.05) is 30.3 Å². The van der Waals surface area contributed by atoms with Gasteiger partial charge >= 0.3 is 6.18 Å². The van der Waals surface area contributed by atoms with E-state index in [2.05, 4.69) is 0 Å². The smallest absolute Gasteiger partial charge is 0.454 e. The van der Waals surface area contributed by atoms with Crippen molar-refractivity contribution in [1.29, 1.82) is 0 Å². The first-order valence-electron chi connectivity index (χ1n) is 8.59. The lowest BCUT2D eigenvalue weighted by Gasteiger charge is -2.13. The minimum atomic E-state index is -4.91. The fourth-order valence-electron chi connectivity index (χ4n) is 3.26. The monoisotopic (exact) mass is 375 g/mol. The predicted molar refractivity (Wildman–Crippen MR) is 98.5 cm³/mol. The van der Waals surface area contributed by atoms with Crippen molar-refractivity contribution >= 4 is 16.7 Å². The van der Waals surface area contributed by atoms with E-state index in [1.54, 1.807) is 28.8 Å². The minimum Gasteiger partial charge on any atom is -0.491 e. The molecule has 2 aromatic carbocycles. The van der Waals surface area contributed by atoms with Gasteiger partial charge < -0.3 is 9.30 Å². The van der Waals surface area contributed by atoms with E-state index in [-0.39, 0.29) is 12.2 Å². The molecule has 1 aromatic heterocycles. The number of rotatable bonds is 5. The highest BCUT2D eigenvalue weighted by Gasteiger charge is 2.42. The summed E-state index contributed by atoms with van der Waals surface area (Å²) in [5.41, 5.74) is 2.65. The maximum atomic E-state index is 13.0. The lowest BCUT2D eigenvalue weighted by molar-refractivity contribution is -0.0884. The van der Waals surface area contributed by atoms with Crippen LogP contribution in [-0.2, 0) is 6.54 Å². The van der Waals surface area contributed by atoms with Crippen LogP contribution in [0.15, 0.2) is 42.5 Å². The Morgan fingerprint density at radius 3 is 2.48 bits per heavy atom. The van der Waals surface area contributed by atoms with Crippen LogP contribution in [0.5, 0.6) is 5.75 Å². The van der Waals surface area contributed by atoms with Gasteiger partial charge in [0.1, 0.15) is 12.4 Å². The molecule has 0 saturated carbocycles. The molecule has 0 atom stereocenters. The molecule has 0 amide bonds. The van der Waals surface area contributed by atoms with Gasteiger partial charge in [-0.05, 0) is 44.0 Å². The van der Waals surface area contributed by atoms with Gasteiger partial charge in [0.25, 0.3) is 5.78 Å². The van der Waals surface area contributed by atoms with Crippen LogP contribution in [0.1, 0.15) is 27.2 Å². The SMILES string of the molecule is Cc1ccc(C)c(OCCn2c(C)c(C(=O)C(F)(F)F)c3ccccc32)c1. The number of benzene rings is 2. The van der Waals surface area contributed by atoms with Crippen LogP contribution in [0, 0.1) is 20.8 Å². The van der Waals surface area contributed by atoms with Gasteiger partial charge in [-0.3, -0.25) is 4.79 Å². The van der Waals surface area contributed by atoms with Crippen molar-refractivity contribution < 1.29 is 22.7 Å². The second-order valence-electron chi connectivity index (χ2n) is 6.57. The molecule has 0 bridgehead atoms. The van der Waals surface area contributed by atoms with E-state index < -0.39 is 12.0 Å². The van der Waals surface area contributed by atoms with E-state index in [4.69, 9.17) is 4.74 Å². The molecule has 0 aliphatic heterocycles. The lowest BCUT2D eigenvalue weighted by atomic mass is 10.1. The summed E-state index contributed by atoms with van der Waals surface area (Å²) in [5.74, 6) is -1.07. The Hall–Kier alpha value is -2.76. The number of alkyl halides is 3. The standard InChI is InChI=1S/C21H20F3NO2/c1-13-8-9-14(2)18(12-13)27-11-10-25-15(3)19(20(26)21(22,23)24)16-6-4-5-7-17(16)25/h4-9,12H,10-11H2,1-3H3. The van der Waals surface area contributed by atoms with E-state index in [1.807, 2.05) is 32.0 Å². The molecule has 27 heavy (non-hydrogen) atoms. The summed E-state index contributed by atoms with van der Waals surface area (Å²) >= 11 is 0. The van der Waals surface area contributed by atoms with Crippen LogP contribution in [0.4, 0.5) is 13.2 Å². The topological polar surface area (TPSA) is 31.2 Å². The van der Waals surface area contributed by atoms with Crippen molar-refractivity contribution in [3.63, 3.8) is 0 Å². The van der Waals surface area contributed by atoms with E-state index in [0.717, 1.165) is 16.9 Å².